The van der Waals surface area contributed by atoms with E-state index in [1.165, 1.54) is 4.90 Å². The number of ether oxygens (including phenoxy) is 1. The Balaban J connectivity index is 1.25. The second-order valence-electron chi connectivity index (χ2n) is 9.33. The van der Waals surface area contributed by atoms with Gasteiger partial charge in [0, 0.05) is 18.7 Å². The van der Waals surface area contributed by atoms with Crippen molar-refractivity contribution >= 4 is 35.1 Å². The molecule has 0 radical (unpaired) electrons. The van der Waals surface area contributed by atoms with Crippen molar-refractivity contribution in [3.63, 3.8) is 0 Å². The van der Waals surface area contributed by atoms with Crippen molar-refractivity contribution in [1.29, 1.82) is 0 Å². The third-order valence-electron chi connectivity index (χ3n) is 6.96. The lowest BCUT2D eigenvalue weighted by atomic mass is 9.78. The zero-order valence-electron chi connectivity index (χ0n) is 19.1. The van der Waals surface area contributed by atoms with Crippen molar-refractivity contribution in [3.05, 3.63) is 66.2 Å². The number of anilines is 2. The van der Waals surface area contributed by atoms with Crippen molar-refractivity contribution in [1.82, 2.24) is 0 Å². The first-order valence-electron chi connectivity index (χ1n) is 11.6. The molecule has 2 heterocycles. The van der Waals surface area contributed by atoms with Crippen molar-refractivity contribution in [3.8, 4) is 5.75 Å². The number of fused-ring (bicyclic) bond motifs is 1. The molecule has 174 valence electrons. The van der Waals surface area contributed by atoms with E-state index in [1.807, 2.05) is 50.3 Å². The maximum absolute atomic E-state index is 12.9. The van der Waals surface area contributed by atoms with Crippen molar-refractivity contribution in [2.24, 2.45) is 23.7 Å². The van der Waals surface area contributed by atoms with Gasteiger partial charge in [0.2, 0.25) is 17.7 Å². The second kappa shape index (κ2) is 8.56. The van der Waals surface area contributed by atoms with Crippen LogP contribution in [-0.2, 0) is 19.2 Å². The van der Waals surface area contributed by atoms with E-state index in [2.05, 4.69) is 0 Å². The molecule has 2 aliphatic heterocycles. The first kappa shape index (κ1) is 22.1. The van der Waals surface area contributed by atoms with Crippen LogP contribution in [0, 0.1) is 30.6 Å². The molecule has 0 unspecified atom stereocenters. The van der Waals surface area contributed by atoms with Crippen LogP contribution >= 0.6 is 0 Å². The lowest BCUT2D eigenvalue weighted by molar-refractivity contribution is -0.139. The minimum atomic E-state index is -0.563. The Kier molecular flexibility index (Phi) is 5.55. The van der Waals surface area contributed by atoms with Gasteiger partial charge < -0.3 is 9.64 Å². The molecule has 0 aromatic heterocycles. The highest BCUT2D eigenvalue weighted by molar-refractivity contribution is 6.22. The standard InChI is InChI=1S/C27H26N2O5/c1-16-5-3-7-20(13-16)28-15-18(14-23(28)30)27(33)34-21-11-9-19(10-12-21)29-25(31)22-8-4-6-17(2)24(22)26(29)32/h3-7,9-13,17-18,22,24H,8,14-15H2,1-2H3/t17-,18+,22+,24+/m0/s1. The number of imide groups is 1. The number of nitrogens with zero attached hydrogens (tertiary/aromatic N) is 2. The van der Waals surface area contributed by atoms with Crippen LogP contribution in [0.1, 0.15) is 25.3 Å². The monoisotopic (exact) mass is 458 g/mol. The van der Waals surface area contributed by atoms with Gasteiger partial charge in [-0.05, 0) is 61.2 Å². The van der Waals surface area contributed by atoms with E-state index in [0.717, 1.165) is 11.3 Å². The number of hydrogen-bond acceptors (Lipinski definition) is 5. The molecule has 2 aromatic carbocycles. The van der Waals surface area contributed by atoms with Crippen LogP contribution in [-0.4, -0.2) is 30.2 Å². The fourth-order valence-corrected chi connectivity index (χ4v) is 5.18. The number of allylic oxidation sites excluding steroid dienone is 2. The molecule has 7 nitrogen and oxygen atoms in total. The van der Waals surface area contributed by atoms with Gasteiger partial charge in [-0.25, -0.2) is 0 Å². The van der Waals surface area contributed by atoms with Gasteiger partial charge in [-0.15, -0.1) is 0 Å². The molecule has 3 aliphatic rings. The molecule has 2 fully saturated rings. The highest BCUT2D eigenvalue weighted by Gasteiger charge is 2.50. The Hall–Kier alpha value is -3.74. The number of carbonyl (C=O) groups excluding carboxylic acids is 4. The number of esters is 1. The van der Waals surface area contributed by atoms with Crippen LogP contribution in [0.5, 0.6) is 5.75 Å². The molecule has 2 aromatic rings. The van der Waals surface area contributed by atoms with E-state index in [9.17, 15) is 19.2 Å². The van der Waals surface area contributed by atoms with Gasteiger partial charge in [0.05, 0.1) is 23.4 Å². The molecule has 0 spiro atoms. The summed E-state index contributed by atoms with van der Waals surface area (Å²) in [6.07, 6.45) is 4.63. The summed E-state index contributed by atoms with van der Waals surface area (Å²) in [5.41, 5.74) is 2.28. The Bertz CT molecular complexity index is 1200. The molecule has 0 N–H and O–H groups in total. The Labute approximate surface area is 198 Å². The van der Waals surface area contributed by atoms with Crippen LogP contribution in [0.3, 0.4) is 0 Å². The maximum atomic E-state index is 12.9. The van der Waals surface area contributed by atoms with Crippen LogP contribution in [0.2, 0.25) is 0 Å². The third-order valence-corrected chi connectivity index (χ3v) is 6.96. The molecule has 3 amide bonds. The van der Waals surface area contributed by atoms with Gasteiger partial charge in [0.25, 0.3) is 0 Å². The molecular weight excluding hydrogens is 432 g/mol. The van der Waals surface area contributed by atoms with Crippen LogP contribution in [0.25, 0.3) is 0 Å². The van der Waals surface area contributed by atoms with Gasteiger partial charge in [0.1, 0.15) is 5.75 Å². The smallest absolute Gasteiger partial charge is 0.316 e. The highest BCUT2D eigenvalue weighted by atomic mass is 16.5. The largest absolute Gasteiger partial charge is 0.426 e. The molecule has 34 heavy (non-hydrogen) atoms. The van der Waals surface area contributed by atoms with E-state index in [-0.39, 0.29) is 48.4 Å². The van der Waals surface area contributed by atoms with E-state index in [0.29, 0.717) is 17.9 Å². The maximum Gasteiger partial charge on any atom is 0.316 e. The Morgan fingerprint density at radius 2 is 1.76 bits per heavy atom. The average Bonchev–Trinajstić information content (AvgIpc) is 3.33. The molecule has 4 atom stereocenters. The fourth-order valence-electron chi connectivity index (χ4n) is 5.18. The third kappa shape index (κ3) is 3.81. The minimum Gasteiger partial charge on any atom is -0.426 e. The number of hydrogen-bond donors (Lipinski definition) is 0. The van der Waals surface area contributed by atoms with Crippen LogP contribution < -0.4 is 14.5 Å². The van der Waals surface area contributed by atoms with Gasteiger partial charge in [-0.2, -0.15) is 0 Å². The highest BCUT2D eigenvalue weighted by Crippen LogP contribution is 2.40. The summed E-state index contributed by atoms with van der Waals surface area (Å²) in [6.45, 7) is 4.18. The van der Waals surface area contributed by atoms with Gasteiger partial charge in [-0.1, -0.05) is 31.2 Å². The van der Waals surface area contributed by atoms with Crippen LogP contribution in [0.4, 0.5) is 11.4 Å². The van der Waals surface area contributed by atoms with E-state index in [1.54, 1.807) is 29.2 Å². The first-order valence-corrected chi connectivity index (χ1v) is 11.6. The molecular formula is C27H26N2O5. The van der Waals surface area contributed by atoms with E-state index in [4.69, 9.17) is 4.74 Å². The molecule has 5 rings (SSSR count). The fraction of sp³-hybridized carbons (Fsp3) is 0.333. The molecule has 0 saturated carbocycles. The Morgan fingerprint density at radius 3 is 2.47 bits per heavy atom. The minimum absolute atomic E-state index is 0.0221. The van der Waals surface area contributed by atoms with E-state index >= 15 is 0 Å². The number of amides is 3. The summed E-state index contributed by atoms with van der Waals surface area (Å²) in [5, 5.41) is 0. The quantitative estimate of drug-likeness (QED) is 0.302. The summed E-state index contributed by atoms with van der Waals surface area (Å²) in [7, 11) is 0. The zero-order chi connectivity index (χ0) is 24.0. The second-order valence-corrected chi connectivity index (χ2v) is 9.33. The average molecular weight is 459 g/mol. The first-order chi connectivity index (χ1) is 16.3. The summed E-state index contributed by atoms with van der Waals surface area (Å²) in [4.78, 5) is 53.9. The number of rotatable bonds is 4. The Morgan fingerprint density at radius 1 is 1.00 bits per heavy atom. The molecule has 1 aliphatic carbocycles. The summed E-state index contributed by atoms with van der Waals surface area (Å²) < 4.78 is 5.52. The number of carbonyl (C=O) groups is 4. The number of aryl methyl sites for hydroxylation is 1. The van der Waals surface area contributed by atoms with Crippen molar-refractivity contribution < 1.29 is 23.9 Å². The van der Waals surface area contributed by atoms with Gasteiger partial charge in [-0.3, -0.25) is 24.1 Å². The zero-order valence-corrected chi connectivity index (χ0v) is 19.1. The topological polar surface area (TPSA) is 84.0 Å². The predicted octanol–water partition coefficient (Wildman–Crippen LogP) is 3.66. The van der Waals surface area contributed by atoms with Gasteiger partial charge in [0.15, 0.2) is 0 Å². The summed E-state index contributed by atoms with van der Waals surface area (Å²) in [5.74, 6) is -1.83. The van der Waals surface area contributed by atoms with Gasteiger partial charge >= 0.3 is 5.97 Å². The lowest BCUT2D eigenvalue weighted by Crippen LogP contribution is -2.31. The van der Waals surface area contributed by atoms with E-state index < -0.39 is 11.9 Å². The van der Waals surface area contributed by atoms with Crippen molar-refractivity contribution in [2.45, 2.75) is 26.7 Å². The molecule has 0 bridgehead atoms. The molecule has 2 saturated heterocycles. The molecule has 7 heteroatoms. The summed E-state index contributed by atoms with van der Waals surface area (Å²) in [6, 6.07) is 14.0. The SMILES string of the molecule is Cc1cccc(N2C[C@H](C(=O)Oc3ccc(N4C(=O)[C@@H]5[C@@H](C)C=CC[C@H]5C4=O)cc3)CC2=O)c1. The summed E-state index contributed by atoms with van der Waals surface area (Å²) >= 11 is 0. The van der Waals surface area contributed by atoms with Crippen molar-refractivity contribution in [2.75, 3.05) is 16.3 Å². The lowest BCUT2D eigenvalue weighted by Gasteiger charge is -2.22. The number of benzene rings is 2. The predicted molar refractivity (Wildman–Crippen MR) is 126 cm³/mol. The van der Waals surface area contributed by atoms with Crippen LogP contribution in [0.15, 0.2) is 60.7 Å². The normalized spacial score (nSPS) is 26.2.